The first-order valence-electron chi connectivity index (χ1n) is 4.97. The van der Waals surface area contributed by atoms with Crippen molar-refractivity contribution >= 4 is 11.6 Å². The largest absolute Gasteiger partial charge is 0.488 e. The van der Waals surface area contributed by atoms with Crippen LogP contribution in [0, 0.1) is 0 Å². The molecular formula is C12H11NO2. The average molecular weight is 201 g/mol. The summed E-state index contributed by atoms with van der Waals surface area (Å²) in [5.74, 6) is 0.119. The SMILES string of the molecule is CN1C(=O)[C@H]2OC=C[C@H]2c2ccccc21. The highest BCUT2D eigenvalue weighted by molar-refractivity contribution is 6.00. The number of amides is 1. The van der Waals surface area contributed by atoms with Gasteiger partial charge in [0.2, 0.25) is 0 Å². The van der Waals surface area contributed by atoms with E-state index in [1.165, 1.54) is 5.56 Å². The minimum absolute atomic E-state index is 0.0312. The number of rotatable bonds is 0. The summed E-state index contributed by atoms with van der Waals surface area (Å²) in [4.78, 5) is 13.6. The third-order valence-corrected chi connectivity index (χ3v) is 3.07. The minimum atomic E-state index is -0.357. The van der Waals surface area contributed by atoms with Crippen LogP contribution in [0.1, 0.15) is 11.5 Å². The smallest absolute Gasteiger partial charge is 0.268 e. The quantitative estimate of drug-likeness (QED) is 0.639. The molecule has 3 rings (SSSR count). The summed E-state index contributed by atoms with van der Waals surface area (Å²) in [5, 5.41) is 0. The van der Waals surface area contributed by atoms with E-state index in [1.807, 2.05) is 24.3 Å². The van der Waals surface area contributed by atoms with Crippen LogP contribution in [-0.2, 0) is 9.53 Å². The van der Waals surface area contributed by atoms with Crippen LogP contribution in [0.25, 0.3) is 0 Å². The van der Waals surface area contributed by atoms with E-state index in [-0.39, 0.29) is 17.9 Å². The van der Waals surface area contributed by atoms with Crippen LogP contribution >= 0.6 is 0 Å². The summed E-state index contributed by atoms with van der Waals surface area (Å²) in [7, 11) is 1.79. The van der Waals surface area contributed by atoms with Crippen LogP contribution in [0.2, 0.25) is 0 Å². The Bertz CT molecular complexity index is 453. The molecule has 0 saturated carbocycles. The fourth-order valence-corrected chi connectivity index (χ4v) is 2.26. The maximum atomic E-state index is 11.9. The van der Waals surface area contributed by atoms with Crippen LogP contribution in [0.4, 0.5) is 5.69 Å². The standard InChI is InChI=1S/C12H11NO2/c1-13-10-5-3-2-4-8(10)9-6-7-15-11(9)12(13)14/h2-7,9,11H,1H3/t9-,11-/m0/s1. The molecule has 3 heteroatoms. The Hall–Kier alpha value is -1.77. The van der Waals surface area contributed by atoms with Gasteiger partial charge in [0.1, 0.15) is 0 Å². The van der Waals surface area contributed by atoms with Crippen molar-refractivity contribution in [2.24, 2.45) is 0 Å². The molecule has 1 amide bonds. The lowest BCUT2D eigenvalue weighted by molar-refractivity contribution is -0.126. The summed E-state index contributed by atoms with van der Waals surface area (Å²) in [6.45, 7) is 0. The van der Waals surface area contributed by atoms with Crippen molar-refractivity contribution in [1.82, 2.24) is 0 Å². The van der Waals surface area contributed by atoms with Crippen molar-refractivity contribution in [3.63, 3.8) is 0 Å². The molecular weight excluding hydrogens is 190 g/mol. The Morgan fingerprint density at radius 2 is 2.13 bits per heavy atom. The van der Waals surface area contributed by atoms with Crippen molar-refractivity contribution in [2.75, 3.05) is 11.9 Å². The maximum Gasteiger partial charge on any atom is 0.268 e. The Balaban J connectivity index is 2.19. The second-order valence-corrected chi connectivity index (χ2v) is 3.87. The zero-order valence-corrected chi connectivity index (χ0v) is 8.38. The van der Waals surface area contributed by atoms with Crippen molar-refractivity contribution in [2.45, 2.75) is 12.0 Å². The Labute approximate surface area is 88.0 Å². The van der Waals surface area contributed by atoms with Gasteiger partial charge in [-0.15, -0.1) is 0 Å². The minimum Gasteiger partial charge on any atom is -0.488 e. The van der Waals surface area contributed by atoms with Gasteiger partial charge in [-0.1, -0.05) is 18.2 Å². The molecule has 0 aromatic heterocycles. The zero-order valence-electron chi connectivity index (χ0n) is 8.38. The van der Waals surface area contributed by atoms with Gasteiger partial charge in [-0.3, -0.25) is 4.79 Å². The van der Waals surface area contributed by atoms with Gasteiger partial charge in [-0.25, -0.2) is 0 Å². The summed E-state index contributed by atoms with van der Waals surface area (Å²) >= 11 is 0. The summed E-state index contributed by atoms with van der Waals surface area (Å²) < 4.78 is 5.32. The van der Waals surface area contributed by atoms with Crippen molar-refractivity contribution in [1.29, 1.82) is 0 Å². The van der Waals surface area contributed by atoms with Crippen molar-refractivity contribution in [3.05, 3.63) is 42.2 Å². The first kappa shape index (κ1) is 8.53. The molecule has 2 heterocycles. The molecule has 0 unspecified atom stereocenters. The highest BCUT2D eigenvalue weighted by Crippen LogP contribution is 2.39. The number of benzene rings is 1. The monoisotopic (exact) mass is 201 g/mol. The van der Waals surface area contributed by atoms with Gasteiger partial charge in [0.25, 0.3) is 5.91 Å². The van der Waals surface area contributed by atoms with E-state index in [0.717, 1.165) is 5.69 Å². The number of anilines is 1. The van der Waals surface area contributed by atoms with Crippen molar-refractivity contribution < 1.29 is 9.53 Å². The molecule has 0 aliphatic carbocycles. The topological polar surface area (TPSA) is 29.5 Å². The van der Waals surface area contributed by atoms with Gasteiger partial charge in [-0.2, -0.15) is 0 Å². The Morgan fingerprint density at radius 1 is 1.33 bits per heavy atom. The number of likely N-dealkylation sites (N-methyl/N-ethyl adjacent to an activating group) is 1. The molecule has 2 atom stereocenters. The lowest BCUT2D eigenvalue weighted by atomic mass is 9.88. The molecule has 1 aromatic rings. The van der Waals surface area contributed by atoms with Crippen LogP contribution in [0.5, 0.6) is 0 Å². The zero-order chi connectivity index (χ0) is 10.4. The molecule has 76 valence electrons. The number of carbonyl (C=O) groups is 1. The van der Waals surface area contributed by atoms with Gasteiger partial charge in [0, 0.05) is 12.7 Å². The lowest BCUT2D eigenvalue weighted by Gasteiger charge is -2.32. The summed E-state index contributed by atoms with van der Waals surface area (Å²) in [5.41, 5.74) is 2.15. The van der Waals surface area contributed by atoms with E-state index < -0.39 is 0 Å². The summed E-state index contributed by atoms with van der Waals surface area (Å²) in [6.07, 6.45) is 3.22. The molecule has 0 spiro atoms. The molecule has 3 nitrogen and oxygen atoms in total. The fourth-order valence-electron chi connectivity index (χ4n) is 2.26. The van der Waals surface area contributed by atoms with Crippen LogP contribution in [0.3, 0.4) is 0 Å². The van der Waals surface area contributed by atoms with Gasteiger partial charge < -0.3 is 9.64 Å². The van der Waals surface area contributed by atoms with E-state index in [0.29, 0.717) is 0 Å². The average Bonchev–Trinajstić information content (AvgIpc) is 2.75. The highest BCUT2D eigenvalue weighted by Gasteiger charge is 2.40. The third-order valence-electron chi connectivity index (χ3n) is 3.07. The first-order chi connectivity index (χ1) is 7.29. The van der Waals surface area contributed by atoms with Gasteiger partial charge >= 0.3 is 0 Å². The molecule has 0 bridgehead atoms. The predicted octanol–water partition coefficient (Wildman–Crippen LogP) is 1.66. The van der Waals surface area contributed by atoms with E-state index in [9.17, 15) is 4.79 Å². The number of fused-ring (bicyclic) bond motifs is 3. The lowest BCUT2D eigenvalue weighted by Crippen LogP contribution is -2.43. The van der Waals surface area contributed by atoms with Gasteiger partial charge in [-0.05, 0) is 17.7 Å². The number of hydrogen-bond donors (Lipinski definition) is 0. The fraction of sp³-hybridized carbons (Fsp3) is 0.250. The first-order valence-corrected chi connectivity index (χ1v) is 4.97. The van der Waals surface area contributed by atoms with Crippen LogP contribution in [-0.4, -0.2) is 19.1 Å². The molecule has 15 heavy (non-hydrogen) atoms. The van der Waals surface area contributed by atoms with E-state index in [1.54, 1.807) is 18.2 Å². The molecule has 2 aliphatic rings. The Kier molecular flexibility index (Phi) is 1.63. The van der Waals surface area contributed by atoms with Gasteiger partial charge in [0.05, 0.1) is 12.2 Å². The molecule has 2 aliphatic heterocycles. The molecule has 1 aromatic carbocycles. The third kappa shape index (κ3) is 1.03. The molecule has 0 fully saturated rings. The van der Waals surface area contributed by atoms with E-state index in [2.05, 4.69) is 6.07 Å². The summed E-state index contributed by atoms with van der Waals surface area (Å²) in [6, 6.07) is 7.96. The normalized spacial score (nSPS) is 27.3. The number of nitrogens with zero attached hydrogens (tertiary/aromatic N) is 1. The maximum absolute atomic E-state index is 11.9. The number of carbonyl (C=O) groups excluding carboxylic acids is 1. The second-order valence-electron chi connectivity index (χ2n) is 3.87. The number of ether oxygens (including phenoxy) is 1. The number of para-hydroxylation sites is 1. The number of hydrogen-bond acceptors (Lipinski definition) is 2. The van der Waals surface area contributed by atoms with Crippen LogP contribution in [0.15, 0.2) is 36.6 Å². The van der Waals surface area contributed by atoms with E-state index in [4.69, 9.17) is 4.74 Å². The van der Waals surface area contributed by atoms with Gasteiger partial charge in [0.15, 0.2) is 6.10 Å². The predicted molar refractivity (Wildman–Crippen MR) is 56.6 cm³/mol. The van der Waals surface area contributed by atoms with Crippen molar-refractivity contribution in [3.8, 4) is 0 Å². The van der Waals surface area contributed by atoms with E-state index >= 15 is 0 Å². The highest BCUT2D eigenvalue weighted by atomic mass is 16.5. The molecule has 0 saturated heterocycles. The molecule has 0 radical (unpaired) electrons. The second kappa shape index (κ2) is 2.86. The Morgan fingerprint density at radius 3 is 3.00 bits per heavy atom. The van der Waals surface area contributed by atoms with Crippen LogP contribution < -0.4 is 4.90 Å². The molecule has 0 N–H and O–H groups in total.